The van der Waals surface area contributed by atoms with Crippen molar-refractivity contribution in [2.75, 3.05) is 6.61 Å². The summed E-state index contributed by atoms with van der Waals surface area (Å²) < 4.78 is 26.7. The summed E-state index contributed by atoms with van der Waals surface area (Å²) >= 11 is 5.52. The van der Waals surface area contributed by atoms with Crippen molar-refractivity contribution in [1.82, 2.24) is 0 Å². The number of hydrogen-bond acceptors (Lipinski definition) is 2. The molecule has 0 heterocycles. The first-order valence-corrected chi connectivity index (χ1v) is 4.95. The van der Waals surface area contributed by atoms with Gasteiger partial charge in [0.2, 0.25) is 0 Å². The highest BCUT2D eigenvalue weighted by Gasteiger charge is 2.18. The number of benzene rings is 1. The Labute approximate surface area is 104 Å². The van der Waals surface area contributed by atoms with Gasteiger partial charge in [0.05, 0.1) is 5.02 Å². The average molecular weight is 272 g/mol. The van der Waals surface area contributed by atoms with Crippen molar-refractivity contribution in [2.24, 2.45) is 5.73 Å². The van der Waals surface area contributed by atoms with Crippen LogP contribution in [0.2, 0.25) is 5.02 Å². The van der Waals surface area contributed by atoms with Gasteiger partial charge in [0.25, 0.3) is 0 Å². The van der Waals surface area contributed by atoms with E-state index in [1.54, 1.807) is 0 Å². The Morgan fingerprint density at radius 2 is 2.00 bits per heavy atom. The minimum Gasteiger partial charge on any atom is -0.396 e. The lowest BCUT2D eigenvalue weighted by molar-refractivity contribution is 0.279. The Balaban J connectivity index is 0.00000225. The number of halogens is 4. The molecule has 0 saturated carbocycles. The van der Waals surface area contributed by atoms with Crippen LogP contribution in [0.5, 0.6) is 0 Å². The van der Waals surface area contributed by atoms with Crippen LogP contribution in [0.15, 0.2) is 12.1 Å². The molecular weight excluding hydrogens is 259 g/mol. The van der Waals surface area contributed by atoms with Gasteiger partial charge in [-0.05, 0) is 25.0 Å². The molecule has 0 aliphatic carbocycles. The Morgan fingerprint density at radius 3 is 2.56 bits per heavy atom. The topological polar surface area (TPSA) is 46.2 Å². The van der Waals surface area contributed by atoms with E-state index in [1.807, 2.05) is 0 Å². The molecule has 3 N–H and O–H groups in total. The van der Waals surface area contributed by atoms with Crippen molar-refractivity contribution in [3.8, 4) is 0 Å². The summed E-state index contributed by atoms with van der Waals surface area (Å²) in [6.07, 6.45) is 0.706. The van der Waals surface area contributed by atoms with E-state index < -0.39 is 17.7 Å². The quantitative estimate of drug-likeness (QED) is 0.828. The number of hydrogen-bond donors (Lipinski definition) is 2. The highest BCUT2D eigenvalue weighted by Crippen LogP contribution is 2.27. The summed E-state index contributed by atoms with van der Waals surface area (Å²) in [6.45, 7) is -0.0580. The highest BCUT2D eigenvalue weighted by atomic mass is 35.5. The van der Waals surface area contributed by atoms with Gasteiger partial charge in [0.15, 0.2) is 0 Å². The molecule has 2 nitrogen and oxygen atoms in total. The molecule has 0 unspecified atom stereocenters. The third-order valence-electron chi connectivity index (χ3n) is 2.12. The molecular formula is C10H13Cl2F2NO. The highest BCUT2D eigenvalue weighted by molar-refractivity contribution is 6.30. The zero-order valence-electron chi connectivity index (χ0n) is 8.42. The fourth-order valence-corrected chi connectivity index (χ4v) is 1.50. The summed E-state index contributed by atoms with van der Waals surface area (Å²) in [5.41, 5.74) is 5.39. The molecule has 1 atom stereocenters. The predicted octanol–water partition coefficient (Wildman–Crippen LogP) is 2.81. The van der Waals surface area contributed by atoms with E-state index in [-0.39, 0.29) is 29.6 Å². The van der Waals surface area contributed by atoms with Crippen molar-refractivity contribution >= 4 is 24.0 Å². The van der Waals surface area contributed by atoms with Crippen LogP contribution in [0.4, 0.5) is 8.78 Å². The third kappa shape index (κ3) is 3.56. The molecule has 6 heteroatoms. The molecule has 0 aromatic heterocycles. The maximum absolute atomic E-state index is 13.4. The minimum absolute atomic E-state index is 0. The van der Waals surface area contributed by atoms with Crippen LogP contribution < -0.4 is 5.73 Å². The van der Waals surface area contributed by atoms with E-state index in [2.05, 4.69) is 0 Å². The summed E-state index contributed by atoms with van der Waals surface area (Å²) in [4.78, 5) is 0. The third-order valence-corrected chi connectivity index (χ3v) is 2.42. The van der Waals surface area contributed by atoms with Crippen LogP contribution in [0.25, 0.3) is 0 Å². The molecule has 1 aromatic rings. The number of aliphatic hydroxyl groups is 1. The van der Waals surface area contributed by atoms with E-state index in [0.29, 0.717) is 12.8 Å². The first-order valence-electron chi connectivity index (χ1n) is 4.57. The van der Waals surface area contributed by atoms with Gasteiger partial charge in [-0.25, -0.2) is 8.78 Å². The van der Waals surface area contributed by atoms with Gasteiger partial charge in [0.1, 0.15) is 11.6 Å². The summed E-state index contributed by atoms with van der Waals surface area (Å²) in [5, 5.41) is 8.44. The normalized spacial score (nSPS) is 12.1. The fourth-order valence-electron chi connectivity index (χ4n) is 1.34. The molecule has 0 spiro atoms. The molecule has 0 saturated heterocycles. The largest absolute Gasteiger partial charge is 0.396 e. The number of nitrogens with two attached hydrogens (primary N) is 1. The van der Waals surface area contributed by atoms with Crippen LogP contribution in [0.1, 0.15) is 24.4 Å². The van der Waals surface area contributed by atoms with Gasteiger partial charge < -0.3 is 10.8 Å². The maximum atomic E-state index is 13.4. The van der Waals surface area contributed by atoms with Gasteiger partial charge in [-0.15, -0.1) is 12.4 Å². The predicted molar refractivity (Wildman–Crippen MR) is 61.9 cm³/mol. The van der Waals surface area contributed by atoms with Gasteiger partial charge >= 0.3 is 0 Å². The van der Waals surface area contributed by atoms with Gasteiger partial charge in [-0.2, -0.15) is 0 Å². The van der Waals surface area contributed by atoms with Crippen LogP contribution in [0.3, 0.4) is 0 Å². The SMILES string of the molecule is Cl.N[C@@H](CCCO)c1c(F)ccc(Cl)c1F. The van der Waals surface area contributed by atoms with Crippen molar-refractivity contribution in [2.45, 2.75) is 18.9 Å². The molecule has 1 rings (SSSR count). The fraction of sp³-hybridized carbons (Fsp3) is 0.400. The Bertz CT molecular complexity index is 350. The van der Waals surface area contributed by atoms with Gasteiger partial charge in [-0.3, -0.25) is 0 Å². The van der Waals surface area contributed by atoms with Crippen molar-refractivity contribution in [3.63, 3.8) is 0 Å². The molecule has 0 radical (unpaired) electrons. The van der Waals surface area contributed by atoms with Crippen LogP contribution in [-0.2, 0) is 0 Å². The van der Waals surface area contributed by atoms with E-state index >= 15 is 0 Å². The van der Waals surface area contributed by atoms with Gasteiger partial charge in [-0.1, -0.05) is 11.6 Å². The van der Waals surface area contributed by atoms with E-state index in [0.717, 1.165) is 12.1 Å². The molecule has 16 heavy (non-hydrogen) atoms. The summed E-state index contributed by atoms with van der Waals surface area (Å²) in [6, 6.07) is 1.45. The summed E-state index contributed by atoms with van der Waals surface area (Å²) in [5.74, 6) is -1.52. The Morgan fingerprint density at radius 1 is 1.38 bits per heavy atom. The molecule has 0 bridgehead atoms. The first kappa shape index (κ1) is 15.6. The average Bonchev–Trinajstić information content (AvgIpc) is 2.21. The number of aliphatic hydroxyl groups excluding tert-OH is 1. The Kier molecular flexibility index (Phi) is 6.83. The monoisotopic (exact) mass is 271 g/mol. The second-order valence-corrected chi connectivity index (χ2v) is 3.64. The zero-order valence-corrected chi connectivity index (χ0v) is 9.99. The van der Waals surface area contributed by atoms with Crippen LogP contribution >= 0.6 is 24.0 Å². The second-order valence-electron chi connectivity index (χ2n) is 3.23. The molecule has 0 amide bonds. The zero-order chi connectivity index (χ0) is 11.4. The standard InChI is InChI=1S/C10H12ClF2NO.ClH/c11-6-3-4-7(12)9(10(6)13)8(14)2-1-5-15;/h3-4,8,15H,1-2,5,14H2;1H/t8-;/m0./s1. The minimum atomic E-state index is -0.817. The molecule has 92 valence electrons. The lowest BCUT2D eigenvalue weighted by Crippen LogP contribution is -2.15. The first-order chi connectivity index (χ1) is 7.07. The Hall–Kier alpha value is -0.420. The van der Waals surface area contributed by atoms with E-state index in [1.165, 1.54) is 0 Å². The lowest BCUT2D eigenvalue weighted by atomic mass is 10.0. The second kappa shape index (κ2) is 7.01. The van der Waals surface area contributed by atoms with Crippen LogP contribution in [0, 0.1) is 11.6 Å². The van der Waals surface area contributed by atoms with Crippen molar-refractivity contribution in [1.29, 1.82) is 0 Å². The van der Waals surface area contributed by atoms with Gasteiger partial charge in [0, 0.05) is 18.2 Å². The van der Waals surface area contributed by atoms with Crippen LogP contribution in [-0.4, -0.2) is 11.7 Å². The van der Waals surface area contributed by atoms with E-state index in [9.17, 15) is 8.78 Å². The lowest BCUT2D eigenvalue weighted by Gasteiger charge is -2.13. The van der Waals surface area contributed by atoms with Crippen molar-refractivity contribution in [3.05, 3.63) is 34.4 Å². The molecule has 0 aliphatic heterocycles. The van der Waals surface area contributed by atoms with E-state index in [4.69, 9.17) is 22.4 Å². The van der Waals surface area contributed by atoms with Crippen molar-refractivity contribution < 1.29 is 13.9 Å². The molecule has 0 aliphatic rings. The number of rotatable bonds is 4. The molecule has 1 aromatic carbocycles. The summed E-state index contributed by atoms with van der Waals surface area (Å²) in [7, 11) is 0. The molecule has 0 fully saturated rings. The smallest absolute Gasteiger partial charge is 0.149 e. The maximum Gasteiger partial charge on any atom is 0.149 e.